The minimum atomic E-state index is -1.20. The molecule has 1 aliphatic heterocycles. The van der Waals surface area contributed by atoms with Crippen molar-refractivity contribution in [3.63, 3.8) is 0 Å². The van der Waals surface area contributed by atoms with Crippen LogP contribution in [-0.4, -0.2) is 29.4 Å². The molecule has 1 aromatic heterocycles. The minimum Gasteiger partial charge on any atom is -0.618 e. The third-order valence-electron chi connectivity index (χ3n) is 4.39. The van der Waals surface area contributed by atoms with E-state index in [1.54, 1.807) is 38.1 Å². The number of anilines is 2. The first kappa shape index (κ1) is 18.4. The Morgan fingerprint density at radius 2 is 1.85 bits per heavy atom. The summed E-state index contributed by atoms with van der Waals surface area (Å²) in [5, 5.41) is 14.5. The average Bonchev–Trinajstić information content (AvgIpc) is 2.62. The van der Waals surface area contributed by atoms with Crippen molar-refractivity contribution in [3.8, 4) is 0 Å². The topological polar surface area (TPSA) is 103 Å². The standard InChI is InChI=1S/C19H19N3O5/c1-12(27-17(24)15-10-6-7-11-21(15)26)16(23)22-14-9-5-4-8-13(14)20-18(25)19(22,2)3/h4-12H,1-3H3,(H,20,25)/t12-/m1/s1. The van der Waals surface area contributed by atoms with E-state index >= 15 is 0 Å². The van der Waals surface area contributed by atoms with Gasteiger partial charge in [0.15, 0.2) is 12.3 Å². The summed E-state index contributed by atoms with van der Waals surface area (Å²) in [4.78, 5) is 39.1. The van der Waals surface area contributed by atoms with Gasteiger partial charge < -0.3 is 15.3 Å². The van der Waals surface area contributed by atoms with Crippen LogP contribution in [0.5, 0.6) is 0 Å². The van der Waals surface area contributed by atoms with Crippen molar-refractivity contribution in [3.05, 3.63) is 59.6 Å². The summed E-state index contributed by atoms with van der Waals surface area (Å²) in [5.41, 5.74) is -0.409. The number of pyridine rings is 1. The molecular formula is C19H19N3O5. The van der Waals surface area contributed by atoms with Gasteiger partial charge in [-0.1, -0.05) is 12.1 Å². The summed E-state index contributed by atoms with van der Waals surface area (Å²) < 4.78 is 5.56. The zero-order chi connectivity index (χ0) is 19.8. The quantitative estimate of drug-likeness (QED) is 0.503. The van der Waals surface area contributed by atoms with Gasteiger partial charge >= 0.3 is 11.7 Å². The number of para-hydroxylation sites is 2. The van der Waals surface area contributed by atoms with Crippen LogP contribution in [0.2, 0.25) is 0 Å². The van der Waals surface area contributed by atoms with E-state index in [2.05, 4.69) is 5.32 Å². The lowest BCUT2D eigenvalue weighted by atomic mass is 9.95. The zero-order valence-electron chi connectivity index (χ0n) is 15.1. The second kappa shape index (κ2) is 6.71. The molecule has 2 heterocycles. The Kier molecular flexibility index (Phi) is 4.57. The van der Waals surface area contributed by atoms with Crippen LogP contribution in [0.3, 0.4) is 0 Å². The van der Waals surface area contributed by atoms with Gasteiger partial charge in [-0.3, -0.25) is 14.5 Å². The lowest BCUT2D eigenvalue weighted by molar-refractivity contribution is -0.608. The summed E-state index contributed by atoms with van der Waals surface area (Å²) in [6.45, 7) is 4.62. The van der Waals surface area contributed by atoms with Crippen LogP contribution in [0.1, 0.15) is 31.3 Å². The van der Waals surface area contributed by atoms with Crippen molar-refractivity contribution in [1.82, 2.24) is 0 Å². The van der Waals surface area contributed by atoms with E-state index in [0.717, 1.165) is 6.20 Å². The first-order chi connectivity index (χ1) is 12.7. The molecule has 1 atom stereocenters. The summed E-state index contributed by atoms with van der Waals surface area (Å²) >= 11 is 0. The predicted molar refractivity (Wildman–Crippen MR) is 96.9 cm³/mol. The van der Waals surface area contributed by atoms with Crippen molar-refractivity contribution in [2.24, 2.45) is 0 Å². The van der Waals surface area contributed by atoms with Crippen molar-refractivity contribution in [2.75, 3.05) is 10.2 Å². The molecule has 0 saturated heterocycles. The number of nitrogens with zero attached hydrogens (tertiary/aromatic N) is 2. The fourth-order valence-corrected chi connectivity index (χ4v) is 2.89. The number of aromatic nitrogens is 1. The van der Waals surface area contributed by atoms with E-state index in [9.17, 15) is 19.6 Å². The molecule has 140 valence electrons. The highest BCUT2D eigenvalue weighted by Crippen LogP contribution is 2.37. The molecule has 0 saturated carbocycles. The second-order valence-corrected chi connectivity index (χ2v) is 6.66. The van der Waals surface area contributed by atoms with Crippen molar-refractivity contribution in [1.29, 1.82) is 0 Å². The van der Waals surface area contributed by atoms with Crippen molar-refractivity contribution in [2.45, 2.75) is 32.4 Å². The van der Waals surface area contributed by atoms with E-state index < -0.39 is 23.5 Å². The number of carbonyl (C=O) groups excluding carboxylic acids is 3. The third-order valence-corrected chi connectivity index (χ3v) is 4.39. The molecule has 8 heteroatoms. The maximum Gasteiger partial charge on any atom is 0.405 e. The van der Waals surface area contributed by atoms with Gasteiger partial charge in [0.25, 0.3) is 5.91 Å². The van der Waals surface area contributed by atoms with Crippen LogP contribution in [0.25, 0.3) is 0 Å². The van der Waals surface area contributed by atoms with Crippen LogP contribution < -0.4 is 14.9 Å². The number of esters is 1. The molecule has 0 spiro atoms. The Hall–Kier alpha value is -3.42. The van der Waals surface area contributed by atoms with Gasteiger partial charge in [-0.05, 0) is 39.0 Å². The van der Waals surface area contributed by atoms with Gasteiger partial charge in [0.1, 0.15) is 5.54 Å². The molecule has 0 aliphatic carbocycles. The number of hydrogen-bond donors (Lipinski definition) is 1. The SMILES string of the molecule is C[C@@H](OC(=O)c1cccc[n+]1[O-])C(=O)N1c2ccccc2NC(=O)C1(C)C. The fourth-order valence-electron chi connectivity index (χ4n) is 2.89. The lowest BCUT2D eigenvalue weighted by Crippen LogP contribution is -2.60. The maximum atomic E-state index is 13.1. The smallest absolute Gasteiger partial charge is 0.405 e. The number of nitrogens with one attached hydrogen (secondary N) is 1. The summed E-state index contributed by atoms with van der Waals surface area (Å²) in [7, 11) is 0. The van der Waals surface area contributed by atoms with Gasteiger partial charge in [-0.25, -0.2) is 4.79 Å². The molecule has 3 rings (SSSR count). The molecule has 0 radical (unpaired) electrons. The van der Waals surface area contributed by atoms with E-state index in [1.807, 2.05) is 0 Å². The van der Waals surface area contributed by atoms with Gasteiger partial charge in [0.2, 0.25) is 5.91 Å². The van der Waals surface area contributed by atoms with Crippen LogP contribution in [0.4, 0.5) is 11.4 Å². The molecule has 0 bridgehead atoms. The average molecular weight is 369 g/mol. The molecule has 2 amide bonds. The van der Waals surface area contributed by atoms with Crippen molar-refractivity contribution < 1.29 is 23.9 Å². The normalized spacial score (nSPS) is 16.1. The monoisotopic (exact) mass is 369 g/mol. The summed E-state index contributed by atoms with van der Waals surface area (Å²) in [6.07, 6.45) is -0.0341. The highest BCUT2D eigenvalue weighted by atomic mass is 16.6. The first-order valence-electron chi connectivity index (χ1n) is 8.37. The number of rotatable bonds is 3. The Labute approximate surface area is 155 Å². The number of carbonyl (C=O) groups is 3. The number of ether oxygens (including phenoxy) is 1. The molecule has 0 fully saturated rings. The van der Waals surface area contributed by atoms with Crippen LogP contribution in [0, 0.1) is 5.21 Å². The molecular weight excluding hydrogens is 350 g/mol. The van der Waals surface area contributed by atoms with Gasteiger partial charge in [0, 0.05) is 12.1 Å². The van der Waals surface area contributed by atoms with E-state index in [0.29, 0.717) is 16.1 Å². The van der Waals surface area contributed by atoms with Gasteiger partial charge in [-0.15, -0.1) is 0 Å². The second-order valence-electron chi connectivity index (χ2n) is 6.66. The molecule has 8 nitrogen and oxygen atoms in total. The molecule has 27 heavy (non-hydrogen) atoms. The Bertz CT molecular complexity index is 925. The number of amides is 2. The highest BCUT2D eigenvalue weighted by molar-refractivity contribution is 6.15. The summed E-state index contributed by atoms with van der Waals surface area (Å²) in [6, 6.07) is 11.2. The largest absolute Gasteiger partial charge is 0.618 e. The summed E-state index contributed by atoms with van der Waals surface area (Å²) in [5.74, 6) is -1.84. The van der Waals surface area contributed by atoms with E-state index in [4.69, 9.17) is 4.74 Å². The van der Waals surface area contributed by atoms with E-state index in [-0.39, 0.29) is 11.6 Å². The van der Waals surface area contributed by atoms with Crippen LogP contribution in [0.15, 0.2) is 48.7 Å². The molecule has 1 aromatic carbocycles. The first-order valence-corrected chi connectivity index (χ1v) is 8.37. The van der Waals surface area contributed by atoms with Crippen molar-refractivity contribution >= 4 is 29.2 Å². The molecule has 1 aliphatic rings. The number of fused-ring (bicyclic) bond motifs is 1. The molecule has 0 unspecified atom stereocenters. The molecule has 2 aromatic rings. The van der Waals surface area contributed by atoms with E-state index in [1.165, 1.54) is 30.0 Å². The zero-order valence-corrected chi connectivity index (χ0v) is 15.1. The molecule has 1 N–H and O–H groups in total. The number of hydrogen-bond acceptors (Lipinski definition) is 5. The lowest BCUT2D eigenvalue weighted by Gasteiger charge is -2.42. The Balaban J connectivity index is 1.89. The van der Waals surface area contributed by atoms with Gasteiger partial charge in [0.05, 0.1) is 11.4 Å². The van der Waals surface area contributed by atoms with Crippen LogP contribution in [-0.2, 0) is 14.3 Å². The number of benzene rings is 1. The van der Waals surface area contributed by atoms with Gasteiger partial charge in [-0.2, -0.15) is 4.73 Å². The predicted octanol–water partition coefficient (Wildman–Crippen LogP) is 1.63. The Morgan fingerprint density at radius 3 is 2.56 bits per heavy atom. The van der Waals surface area contributed by atoms with Crippen LogP contribution >= 0.6 is 0 Å². The highest BCUT2D eigenvalue weighted by Gasteiger charge is 2.45. The Morgan fingerprint density at radius 1 is 1.19 bits per heavy atom. The maximum absolute atomic E-state index is 13.1. The minimum absolute atomic E-state index is 0.229. The fraction of sp³-hybridized carbons (Fsp3) is 0.263. The third kappa shape index (κ3) is 3.21.